The molecule has 1 atom stereocenters. The van der Waals surface area contributed by atoms with Crippen molar-refractivity contribution in [1.29, 1.82) is 0 Å². The van der Waals surface area contributed by atoms with Crippen molar-refractivity contribution < 1.29 is 26.4 Å². The maximum atomic E-state index is 13.7. The number of rotatable bonds is 12. The molecular formula is C35H33N11O6S3. The van der Waals surface area contributed by atoms with Crippen molar-refractivity contribution in [3.8, 4) is 22.5 Å². The van der Waals surface area contributed by atoms with Gasteiger partial charge in [0, 0.05) is 41.9 Å². The van der Waals surface area contributed by atoms with E-state index in [9.17, 15) is 26.4 Å². The van der Waals surface area contributed by atoms with Gasteiger partial charge in [0.05, 0.1) is 28.2 Å². The van der Waals surface area contributed by atoms with Crippen molar-refractivity contribution >= 4 is 54.4 Å². The molecule has 6 aromatic rings. The Morgan fingerprint density at radius 1 is 0.836 bits per heavy atom. The summed E-state index contributed by atoms with van der Waals surface area (Å²) in [6.45, 7) is 1.15. The molecule has 4 N–H and O–H groups in total. The van der Waals surface area contributed by atoms with E-state index in [1.807, 2.05) is 35.2 Å². The quantitative estimate of drug-likeness (QED) is 0.152. The third-order valence-electron chi connectivity index (χ3n) is 8.77. The van der Waals surface area contributed by atoms with Crippen LogP contribution in [0.2, 0.25) is 0 Å². The molecule has 0 radical (unpaired) electrons. The Morgan fingerprint density at radius 3 is 2.11 bits per heavy atom. The highest BCUT2D eigenvalue weighted by molar-refractivity contribution is 7.89. The van der Waals surface area contributed by atoms with Crippen molar-refractivity contribution in [1.82, 2.24) is 44.6 Å². The Hall–Kier alpha value is -5.93. The fraction of sp³-hybridized carbons (Fsp3) is 0.171. The Morgan fingerprint density at radius 2 is 1.47 bits per heavy atom. The number of nitrogens with zero attached hydrogens (tertiary/aromatic N) is 8. The molecule has 282 valence electrons. The number of carbonyl (C=O) groups excluding carboxylic acids is 2. The molecule has 17 nitrogen and oxygen atoms in total. The number of hydrogen-bond donors (Lipinski definition) is 3. The molecule has 0 spiro atoms. The molecule has 3 aromatic heterocycles. The zero-order chi connectivity index (χ0) is 38.6. The van der Waals surface area contributed by atoms with E-state index in [1.54, 1.807) is 40.5 Å². The van der Waals surface area contributed by atoms with Gasteiger partial charge in [-0.2, -0.15) is 4.72 Å². The number of hydrogen-bond acceptors (Lipinski definition) is 12. The van der Waals surface area contributed by atoms with Crippen molar-refractivity contribution in [2.24, 2.45) is 5.14 Å². The lowest BCUT2D eigenvalue weighted by molar-refractivity contribution is -0.127. The highest BCUT2D eigenvalue weighted by atomic mass is 32.2. The summed E-state index contributed by atoms with van der Waals surface area (Å²) in [7, 11) is -8.25. The number of likely N-dealkylation sites (tertiary alicyclic amines) is 1. The van der Waals surface area contributed by atoms with Crippen LogP contribution in [0.4, 0.5) is 5.13 Å². The van der Waals surface area contributed by atoms with Crippen molar-refractivity contribution in [2.75, 3.05) is 18.4 Å². The second-order valence-corrected chi connectivity index (χ2v) is 16.6. The van der Waals surface area contributed by atoms with Gasteiger partial charge in [-0.25, -0.2) is 36.3 Å². The van der Waals surface area contributed by atoms with E-state index in [0.29, 0.717) is 42.8 Å². The predicted octanol–water partition coefficient (Wildman–Crippen LogP) is 3.30. The lowest BCUT2D eigenvalue weighted by Gasteiger charge is -2.31. The van der Waals surface area contributed by atoms with Gasteiger partial charge in [0.25, 0.3) is 5.91 Å². The first-order valence-corrected chi connectivity index (χ1v) is 20.7. The summed E-state index contributed by atoms with van der Waals surface area (Å²) < 4.78 is 55.9. The number of piperidine rings is 1. The first-order chi connectivity index (χ1) is 26.4. The van der Waals surface area contributed by atoms with Gasteiger partial charge in [0.1, 0.15) is 11.4 Å². The summed E-state index contributed by atoms with van der Waals surface area (Å²) in [4.78, 5) is 31.8. The normalized spacial score (nSPS) is 14.6. The summed E-state index contributed by atoms with van der Waals surface area (Å²) in [6.07, 6.45) is 7.82. The Balaban J connectivity index is 1.03. The van der Waals surface area contributed by atoms with Gasteiger partial charge >= 0.3 is 0 Å². The largest absolute Gasteiger partial charge is 0.339 e. The minimum absolute atomic E-state index is 0.0402. The Kier molecular flexibility index (Phi) is 10.7. The molecule has 1 fully saturated rings. The van der Waals surface area contributed by atoms with E-state index in [-0.39, 0.29) is 32.6 Å². The van der Waals surface area contributed by atoms with E-state index in [4.69, 9.17) is 5.14 Å². The lowest BCUT2D eigenvalue weighted by atomic mass is 10.0. The predicted molar refractivity (Wildman–Crippen MR) is 203 cm³/mol. The molecule has 0 bridgehead atoms. The number of anilines is 1. The molecule has 1 saturated heterocycles. The third-order valence-corrected chi connectivity index (χ3v) is 11.8. The Labute approximate surface area is 319 Å². The smallest absolute Gasteiger partial charge is 0.266 e. The van der Waals surface area contributed by atoms with Crippen LogP contribution in [-0.2, 0) is 29.6 Å². The van der Waals surface area contributed by atoms with Crippen LogP contribution < -0.4 is 15.2 Å². The molecule has 20 heteroatoms. The van der Waals surface area contributed by atoms with Gasteiger partial charge < -0.3 is 4.90 Å². The minimum Gasteiger partial charge on any atom is -0.339 e. The average Bonchev–Trinajstić information content (AvgIpc) is 4.00. The van der Waals surface area contributed by atoms with E-state index in [2.05, 4.69) is 35.6 Å². The van der Waals surface area contributed by atoms with Crippen LogP contribution in [0.15, 0.2) is 119 Å². The number of amides is 2. The molecule has 0 saturated carbocycles. The minimum atomic E-state index is -4.33. The molecule has 1 aliphatic rings. The standard InChI is InChI=1S/C35H33N11O6S3/c36-54(49,50)28-11-7-25(8-12-28)31-23-46(43-40-31)33(34(48)38-35-37-18-21-53-35)41-55(51,52)29-13-9-26(10-14-29)30-22-45(42-39-30)27-16-19-44(20-17-27)32(47)15-6-24-4-2-1-3-5-24/h1-15,18,21-23,27,33,41H,16-17,19-20H2,(H2,36,49,50)(H,37,38,48)/b15-6+. The second kappa shape index (κ2) is 15.8. The van der Waals surface area contributed by atoms with Crippen molar-refractivity contribution in [3.63, 3.8) is 0 Å². The summed E-state index contributed by atoms with van der Waals surface area (Å²) in [5, 5.41) is 26.3. The first kappa shape index (κ1) is 37.4. The molecule has 2 amide bonds. The van der Waals surface area contributed by atoms with E-state index in [0.717, 1.165) is 21.6 Å². The van der Waals surface area contributed by atoms with E-state index < -0.39 is 32.1 Å². The fourth-order valence-corrected chi connectivity index (χ4v) is 8.02. The molecular weight excluding hydrogens is 767 g/mol. The molecule has 0 aliphatic carbocycles. The number of carbonyl (C=O) groups is 2. The zero-order valence-corrected chi connectivity index (χ0v) is 31.2. The highest BCUT2D eigenvalue weighted by Gasteiger charge is 2.30. The topological polar surface area (TPSA) is 230 Å². The van der Waals surface area contributed by atoms with E-state index >= 15 is 0 Å². The van der Waals surface area contributed by atoms with Crippen molar-refractivity contribution in [3.05, 3.63) is 114 Å². The second-order valence-electron chi connectivity index (χ2n) is 12.4. The van der Waals surface area contributed by atoms with Crippen LogP contribution >= 0.6 is 11.3 Å². The maximum absolute atomic E-state index is 13.7. The first-order valence-electron chi connectivity index (χ1n) is 16.7. The van der Waals surface area contributed by atoms with Crippen LogP contribution in [0.5, 0.6) is 0 Å². The van der Waals surface area contributed by atoms with Gasteiger partial charge in [-0.3, -0.25) is 14.9 Å². The van der Waals surface area contributed by atoms with Crippen molar-refractivity contribution in [2.45, 2.75) is 34.8 Å². The highest BCUT2D eigenvalue weighted by Crippen LogP contribution is 2.26. The number of nitrogens with two attached hydrogens (primary N) is 1. The number of thiazole rings is 1. The van der Waals surface area contributed by atoms with Gasteiger partial charge in [-0.1, -0.05) is 65.0 Å². The molecule has 7 rings (SSSR count). The van der Waals surface area contributed by atoms with Gasteiger partial charge in [0.15, 0.2) is 11.3 Å². The Bertz CT molecular complexity index is 2530. The van der Waals surface area contributed by atoms with Gasteiger partial charge in [-0.05, 0) is 48.7 Å². The summed E-state index contributed by atoms with van der Waals surface area (Å²) in [5.74, 6) is -0.828. The zero-order valence-electron chi connectivity index (χ0n) is 28.8. The molecule has 1 unspecified atom stereocenters. The third kappa shape index (κ3) is 8.90. The lowest BCUT2D eigenvalue weighted by Crippen LogP contribution is -2.41. The maximum Gasteiger partial charge on any atom is 0.266 e. The summed E-state index contributed by atoms with van der Waals surface area (Å²) in [5.41, 5.74) is 2.80. The average molecular weight is 800 g/mol. The number of aromatic nitrogens is 7. The van der Waals surface area contributed by atoms with Crippen LogP contribution in [-0.4, -0.2) is 81.6 Å². The monoisotopic (exact) mass is 799 g/mol. The summed E-state index contributed by atoms with van der Waals surface area (Å²) in [6, 6.07) is 21.1. The number of nitrogens with one attached hydrogen (secondary N) is 2. The number of benzene rings is 3. The SMILES string of the molecule is NS(=O)(=O)c1ccc(-c2cn(C(NS(=O)(=O)c3ccc(-c4cn(C5CCN(C(=O)/C=C/c6ccccc6)CC5)nn4)cc3)C(=O)Nc3nccs3)nn2)cc1. The molecule has 55 heavy (non-hydrogen) atoms. The summed E-state index contributed by atoms with van der Waals surface area (Å²) >= 11 is 1.14. The number of primary sulfonamides is 1. The van der Waals surface area contributed by atoms with Crippen LogP contribution in [0.1, 0.15) is 30.6 Å². The molecule has 3 aromatic carbocycles. The van der Waals surface area contributed by atoms with Crippen LogP contribution in [0.25, 0.3) is 28.6 Å². The van der Waals surface area contributed by atoms with Crippen LogP contribution in [0, 0.1) is 0 Å². The van der Waals surface area contributed by atoms with Gasteiger partial charge in [0.2, 0.25) is 26.0 Å². The van der Waals surface area contributed by atoms with E-state index in [1.165, 1.54) is 48.8 Å². The van der Waals surface area contributed by atoms with Gasteiger partial charge in [-0.15, -0.1) is 21.5 Å². The molecule has 1 aliphatic heterocycles. The molecule has 4 heterocycles. The fourth-order valence-electron chi connectivity index (χ4n) is 5.83. The van der Waals surface area contributed by atoms with Crippen LogP contribution in [0.3, 0.4) is 0 Å². The number of sulfonamides is 2.